The van der Waals surface area contributed by atoms with Gasteiger partial charge in [-0.15, -0.1) is 0 Å². The Morgan fingerprint density at radius 1 is 0.882 bits per heavy atom. The van der Waals surface area contributed by atoms with Crippen LogP contribution in [0, 0.1) is 27.7 Å². The van der Waals surface area contributed by atoms with E-state index in [0.717, 1.165) is 22.3 Å². The molecule has 0 aliphatic rings. The Morgan fingerprint density at radius 2 is 1.56 bits per heavy atom. The minimum Gasteiger partial charge on any atom is -0.495 e. The summed E-state index contributed by atoms with van der Waals surface area (Å²) in [6, 6.07) is 15.1. The second kappa shape index (κ2) is 10.2. The third-order valence-corrected chi connectivity index (χ3v) is 6.85. The average molecular weight is 483 g/mol. The van der Waals surface area contributed by atoms with Gasteiger partial charge in [-0.2, -0.15) is 0 Å². The second-order valence-electron chi connectivity index (χ2n) is 8.29. The number of amides is 1. The Kier molecular flexibility index (Phi) is 7.51. The number of ether oxygens (including phenoxy) is 2. The van der Waals surface area contributed by atoms with Gasteiger partial charge in [0.15, 0.2) is 6.10 Å². The molecule has 3 rings (SSSR count). The quantitative estimate of drug-likeness (QED) is 0.464. The van der Waals surface area contributed by atoms with Crippen molar-refractivity contribution in [2.75, 3.05) is 17.1 Å². The van der Waals surface area contributed by atoms with Crippen molar-refractivity contribution in [3.05, 3.63) is 76.9 Å². The van der Waals surface area contributed by atoms with E-state index in [1.165, 1.54) is 31.4 Å². The number of nitrogens with one attached hydrogen (secondary N) is 2. The molecule has 0 aromatic heterocycles. The van der Waals surface area contributed by atoms with Crippen molar-refractivity contribution in [3.8, 4) is 11.5 Å². The average Bonchev–Trinajstić information content (AvgIpc) is 2.77. The Balaban J connectivity index is 1.69. The van der Waals surface area contributed by atoms with Crippen LogP contribution in [0.25, 0.3) is 0 Å². The van der Waals surface area contributed by atoms with Gasteiger partial charge in [-0.3, -0.25) is 9.52 Å². The lowest BCUT2D eigenvalue weighted by Crippen LogP contribution is -2.30. The van der Waals surface area contributed by atoms with E-state index in [4.69, 9.17) is 9.47 Å². The highest BCUT2D eigenvalue weighted by Crippen LogP contribution is 2.28. The Labute approximate surface area is 201 Å². The summed E-state index contributed by atoms with van der Waals surface area (Å²) >= 11 is 0. The fourth-order valence-corrected chi connectivity index (χ4v) is 4.50. The number of anilines is 2. The first-order valence-corrected chi connectivity index (χ1v) is 12.3. The molecular weight excluding hydrogens is 452 g/mol. The van der Waals surface area contributed by atoms with Crippen LogP contribution in [0.3, 0.4) is 0 Å². The zero-order valence-corrected chi connectivity index (χ0v) is 21.0. The van der Waals surface area contributed by atoms with Crippen LogP contribution >= 0.6 is 0 Å². The van der Waals surface area contributed by atoms with Gasteiger partial charge in [0.05, 0.1) is 17.7 Å². The van der Waals surface area contributed by atoms with Crippen molar-refractivity contribution >= 4 is 27.3 Å². The number of aryl methyl sites for hydroxylation is 3. The number of hydrogen-bond acceptors (Lipinski definition) is 5. The summed E-state index contributed by atoms with van der Waals surface area (Å²) in [6.07, 6.45) is -0.737. The predicted octanol–water partition coefficient (Wildman–Crippen LogP) is 5.14. The van der Waals surface area contributed by atoms with Crippen molar-refractivity contribution in [3.63, 3.8) is 0 Å². The first-order valence-electron chi connectivity index (χ1n) is 10.8. The van der Waals surface area contributed by atoms with E-state index in [-0.39, 0.29) is 10.8 Å². The molecule has 34 heavy (non-hydrogen) atoms. The third-order valence-electron chi connectivity index (χ3n) is 5.47. The number of benzene rings is 3. The lowest BCUT2D eigenvalue weighted by atomic mass is 10.1. The van der Waals surface area contributed by atoms with Crippen LogP contribution in [-0.4, -0.2) is 27.5 Å². The zero-order chi connectivity index (χ0) is 25.0. The van der Waals surface area contributed by atoms with Gasteiger partial charge in [-0.25, -0.2) is 8.42 Å². The fourth-order valence-electron chi connectivity index (χ4n) is 3.43. The summed E-state index contributed by atoms with van der Waals surface area (Å²) in [6.45, 7) is 9.46. The molecule has 0 fully saturated rings. The molecule has 2 N–H and O–H groups in total. The SMILES string of the molecule is COc1ccc(C)cc1NS(=O)(=O)c1ccc(NC(=O)[C@@H](C)Oc2cc(C)cc(C)c2C)cc1. The lowest BCUT2D eigenvalue weighted by molar-refractivity contribution is -0.122. The van der Waals surface area contributed by atoms with Crippen LogP contribution in [0.15, 0.2) is 59.5 Å². The van der Waals surface area contributed by atoms with E-state index >= 15 is 0 Å². The van der Waals surface area contributed by atoms with Gasteiger partial charge in [-0.1, -0.05) is 12.1 Å². The highest BCUT2D eigenvalue weighted by atomic mass is 32.2. The molecule has 8 heteroatoms. The summed E-state index contributed by atoms with van der Waals surface area (Å²) in [5.74, 6) is 0.752. The molecule has 180 valence electrons. The smallest absolute Gasteiger partial charge is 0.265 e. The molecule has 0 aliphatic heterocycles. The van der Waals surface area contributed by atoms with Crippen LogP contribution in [0.4, 0.5) is 11.4 Å². The van der Waals surface area contributed by atoms with Crippen LogP contribution in [0.2, 0.25) is 0 Å². The zero-order valence-electron chi connectivity index (χ0n) is 20.2. The van der Waals surface area contributed by atoms with Crippen LogP contribution in [-0.2, 0) is 14.8 Å². The molecule has 0 spiro atoms. The van der Waals surface area contributed by atoms with Crippen molar-refractivity contribution in [2.45, 2.75) is 45.6 Å². The maximum absolute atomic E-state index is 12.8. The van der Waals surface area contributed by atoms with E-state index < -0.39 is 16.1 Å². The summed E-state index contributed by atoms with van der Waals surface area (Å²) in [5, 5.41) is 2.77. The number of sulfonamides is 1. The van der Waals surface area contributed by atoms with Gasteiger partial charge < -0.3 is 14.8 Å². The van der Waals surface area contributed by atoms with Gasteiger partial charge >= 0.3 is 0 Å². The van der Waals surface area contributed by atoms with Crippen LogP contribution in [0.1, 0.15) is 29.2 Å². The van der Waals surface area contributed by atoms with Gasteiger partial charge in [0.2, 0.25) is 0 Å². The van der Waals surface area contributed by atoms with E-state index in [0.29, 0.717) is 22.9 Å². The minimum absolute atomic E-state index is 0.0595. The summed E-state index contributed by atoms with van der Waals surface area (Å²) in [4.78, 5) is 12.7. The van der Waals surface area contributed by atoms with E-state index in [2.05, 4.69) is 16.1 Å². The van der Waals surface area contributed by atoms with E-state index in [9.17, 15) is 13.2 Å². The molecule has 1 amide bonds. The molecule has 0 bridgehead atoms. The van der Waals surface area contributed by atoms with Gasteiger partial charge in [0.25, 0.3) is 15.9 Å². The predicted molar refractivity (Wildman–Crippen MR) is 134 cm³/mol. The first-order chi connectivity index (χ1) is 16.0. The molecule has 7 nitrogen and oxygen atoms in total. The number of methoxy groups -OCH3 is 1. The molecule has 0 heterocycles. The lowest BCUT2D eigenvalue weighted by Gasteiger charge is -2.18. The molecule has 3 aromatic rings. The first kappa shape index (κ1) is 25.1. The number of carbonyl (C=O) groups excluding carboxylic acids is 1. The molecule has 0 radical (unpaired) electrons. The molecule has 1 atom stereocenters. The number of rotatable bonds is 8. The molecular formula is C26H30N2O5S. The van der Waals surface area contributed by atoms with Gasteiger partial charge in [0, 0.05) is 5.69 Å². The molecule has 0 unspecified atom stereocenters. The van der Waals surface area contributed by atoms with Crippen LogP contribution in [0.5, 0.6) is 11.5 Å². The Morgan fingerprint density at radius 3 is 2.21 bits per heavy atom. The topological polar surface area (TPSA) is 93.7 Å². The third kappa shape index (κ3) is 5.88. The molecule has 0 saturated heterocycles. The normalized spacial score (nSPS) is 12.1. The van der Waals surface area contributed by atoms with Gasteiger partial charge in [0.1, 0.15) is 11.5 Å². The molecule has 3 aromatic carbocycles. The maximum Gasteiger partial charge on any atom is 0.265 e. The van der Waals surface area contributed by atoms with Gasteiger partial charge in [-0.05, 0) is 99.3 Å². The highest BCUT2D eigenvalue weighted by Gasteiger charge is 2.19. The minimum atomic E-state index is -3.85. The maximum atomic E-state index is 12.8. The van der Waals surface area contributed by atoms with Crippen molar-refractivity contribution in [1.82, 2.24) is 0 Å². The fraction of sp³-hybridized carbons (Fsp3) is 0.269. The van der Waals surface area contributed by atoms with Crippen molar-refractivity contribution in [2.24, 2.45) is 0 Å². The largest absolute Gasteiger partial charge is 0.495 e. The van der Waals surface area contributed by atoms with Crippen LogP contribution < -0.4 is 19.5 Å². The van der Waals surface area contributed by atoms with Crippen molar-refractivity contribution < 1.29 is 22.7 Å². The van der Waals surface area contributed by atoms with Crippen molar-refractivity contribution in [1.29, 1.82) is 0 Å². The number of carbonyl (C=O) groups is 1. The summed E-state index contributed by atoms with van der Waals surface area (Å²) in [5.41, 5.74) is 4.84. The molecule has 0 saturated carbocycles. The highest BCUT2D eigenvalue weighted by molar-refractivity contribution is 7.92. The van der Waals surface area contributed by atoms with E-state index in [1.54, 1.807) is 19.1 Å². The standard InChI is InChI=1S/C26H30N2O5S/c1-16-7-12-24(32-6)23(14-16)28-34(30,31)22-10-8-21(9-11-22)27-26(29)20(5)33-25-15-17(2)13-18(3)19(25)4/h7-15,20,28H,1-6H3,(H,27,29)/t20-/m1/s1. The van der Waals surface area contributed by atoms with E-state index in [1.807, 2.05) is 39.8 Å². The summed E-state index contributed by atoms with van der Waals surface area (Å²) < 4.78 is 39.4. The number of hydrogen-bond donors (Lipinski definition) is 2. The molecule has 0 aliphatic carbocycles. The second-order valence-corrected chi connectivity index (χ2v) is 9.97. The Bertz CT molecular complexity index is 1300. The summed E-state index contributed by atoms with van der Waals surface area (Å²) in [7, 11) is -2.37. The monoisotopic (exact) mass is 482 g/mol. The Hall–Kier alpha value is -3.52.